The number of nitrogens with zero attached hydrogens (tertiary/aromatic N) is 1. The third kappa shape index (κ3) is 3.33. The van der Waals surface area contributed by atoms with Crippen molar-refractivity contribution in [3.8, 4) is 0 Å². The molecule has 1 N–H and O–H groups in total. The Bertz CT molecular complexity index is 693. The van der Waals surface area contributed by atoms with Crippen LogP contribution in [0.1, 0.15) is 32.8 Å². The van der Waals surface area contributed by atoms with E-state index in [1.165, 1.54) is 6.92 Å². The molecule has 1 aliphatic carbocycles. The van der Waals surface area contributed by atoms with E-state index in [0.29, 0.717) is 5.92 Å². The van der Waals surface area contributed by atoms with Crippen molar-refractivity contribution in [2.45, 2.75) is 39.3 Å². The van der Waals surface area contributed by atoms with Crippen molar-refractivity contribution in [1.82, 2.24) is 4.90 Å². The Hall–Kier alpha value is -2.14. The summed E-state index contributed by atoms with van der Waals surface area (Å²) in [5.41, 5.74) is 1.67. The minimum absolute atomic E-state index is 0.000571. The van der Waals surface area contributed by atoms with Gasteiger partial charge in [0.1, 0.15) is 0 Å². The number of nitrogens with one attached hydrogen (secondary N) is 1. The van der Waals surface area contributed by atoms with E-state index in [1.54, 1.807) is 6.08 Å². The molecule has 2 fully saturated rings. The Kier molecular flexibility index (Phi) is 4.69. The van der Waals surface area contributed by atoms with Gasteiger partial charge in [-0.2, -0.15) is 0 Å². The number of carbonyl (C=O) groups is 2. The van der Waals surface area contributed by atoms with Crippen molar-refractivity contribution in [2.75, 3.05) is 19.0 Å². The molecule has 0 spiro atoms. The van der Waals surface area contributed by atoms with Crippen LogP contribution in [0.4, 0.5) is 5.69 Å². The van der Waals surface area contributed by atoms with Crippen LogP contribution < -0.4 is 5.32 Å². The quantitative estimate of drug-likeness (QED) is 0.856. The van der Waals surface area contributed by atoms with E-state index < -0.39 is 0 Å². The van der Waals surface area contributed by atoms with Crippen LogP contribution in [0.15, 0.2) is 30.3 Å². The number of benzene rings is 1. The molecule has 5 nitrogen and oxygen atoms in total. The lowest BCUT2D eigenvalue weighted by Crippen LogP contribution is -2.66. The number of amides is 2. The molecule has 0 radical (unpaired) electrons. The average Bonchev–Trinajstić information content (AvgIpc) is 2.99. The second-order valence-electron chi connectivity index (χ2n) is 7.60. The maximum absolute atomic E-state index is 12.6. The van der Waals surface area contributed by atoms with E-state index in [4.69, 9.17) is 4.74 Å². The van der Waals surface area contributed by atoms with Gasteiger partial charge in [-0.1, -0.05) is 26.0 Å². The SMILES string of the molecule is CC(=O)Nc1ccc(/C=C/C(=O)N(C)C2C3CCOC3C2(C)C)cc1. The van der Waals surface area contributed by atoms with Crippen LogP contribution in [0.25, 0.3) is 6.08 Å². The minimum Gasteiger partial charge on any atom is -0.377 e. The molecule has 1 saturated heterocycles. The highest BCUT2D eigenvalue weighted by molar-refractivity contribution is 5.92. The summed E-state index contributed by atoms with van der Waals surface area (Å²) in [6, 6.07) is 7.63. The molecule has 1 aromatic rings. The van der Waals surface area contributed by atoms with Crippen molar-refractivity contribution in [2.24, 2.45) is 11.3 Å². The van der Waals surface area contributed by atoms with Gasteiger partial charge in [0.25, 0.3) is 0 Å². The number of carbonyl (C=O) groups excluding carboxylic acids is 2. The summed E-state index contributed by atoms with van der Waals surface area (Å²) in [6.45, 7) is 6.63. The fraction of sp³-hybridized carbons (Fsp3) is 0.500. The average molecular weight is 342 g/mol. The van der Waals surface area contributed by atoms with Gasteiger partial charge < -0.3 is 15.0 Å². The predicted octanol–water partition coefficient (Wildman–Crippen LogP) is 2.93. The van der Waals surface area contributed by atoms with E-state index in [2.05, 4.69) is 19.2 Å². The molecule has 134 valence electrons. The van der Waals surface area contributed by atoms with Gasteiger partial charge in [0.05, 0.1) is 6.10 Å². The zero-order valence-corrected chi connectivity index (χ0v) is 15.3. The first-order chi connectivity index (χ1) is 11.8. The summed E-state index contributed by atoms with van der Waals surface area (Å²) >= 11 is 0. The van der Waals surface area contributed by atoms with Crippen molar-refractivity contribution < 1.29 is 14.3 Å². The normalized spacial score (nSPS) is 26.8. The summed E-state index contributed by atoms with van der Waals surface area (Å²) in [5, 5.41) is 2.73. The number of rotatable bonds is 4. The molecule has 1 saturated carbocycles. The standard InChI is InChI=1S/C20H26N2O3/c1-13(23)21-15-8-5-14(6-9-15)7-10-17(24)22(4)18-16-11-12-25-19(16)20(18,2)3/h5-10,16,18-19H,11-12H2,1-4H3,(H,21,23)/b10-7+. The van der Waals surface area contributed by atoms with Gasteiger partial charge in [0, 0.05) is 49.7 Å². The maximum Gasteiger partial charge on any atom is 0.246 e. The Labute approximate surface area is 149 Å². The third-order valence-corrected chi connectivity index (χ3v) is 5.45. The lowest BCUT2D eigenvalue weighted by Gasteiger charge is -2.57. The number of hydrogen-bond donors (Lipinski definition) is 1. The molecular formula is C20H26N2O3. The third-order valence-electron chi connectivity index (χ3n) is 5.45. The highest BCUT2D eigenvalue weighted by Crippen LogP contribution is 2.54. The van der Waals surface area contributed by atoms with E-state index >= 15 is 0 Å². The molecule has 1 aromatic carbocycles. The first-order valence-corrected chi connectivity index (χ1v) is 8.75. The lowest BCUT2D eigenvalue weighted by molar-refractivity contribution is -0.163. The Morgan fingerprint density at radius 2 is 1.96 bits per heavy atom. The van der Waals surface area contributed by atoms with E-state index in [1.807, 2.05) is 42.3 Å². The molecule has 1 aliphatic heterocycles. The van der Waals surface area contributed by atoms with Gasteiger partial charge in [-0.05, 0) is 30.2 Å². The number of ether oxygens (including phenoxy) is 1. The van der Waals surface area contributed by atoms with Gasteiger partial charge in [-0.25, -0.2) is 0 Å². The molecule has 0 bridgehead atoms. The maximum atomic E-state index is 12.6. The fourth-order valence-electron chi connectivity index (χ4n) is 4.39. The molecule has 3 atom stereocenters. The Morgan fingerprint density at radius 3 is 2.60 bits per heavy atom. The molecule has 5 heteroatoms. The summed E-state index contributed by atoms with van der Waals surface area (Å²) in [7, 11) is 1.88. The fourth-order valence-corrected chi connectivity index (χ4v) is 4.39. The van der Waals surface area contributed by atoms with Gasteiger partial charge in [-0.3, -0.25) is 9.59 Å². The number of hydrogen-bond acceptors (Lipinski definition) is 3. The second-order valence-corrected chi connectivity index (χ2v) is 7.60. The Morgan fingerprint density at radius 1 is 1.28 bits per heavy atom. The lowest BCUT2D eigenvalue weighted by atomic mass is 9.57. The molecule has 1 heterocycles. The molecule has 2 aliphatic rings. The minimum atomic E-state index is -0.0996. The Balaban J connectivity index is 1.63. The molecule has 3 unspecified atom stereocenters. The number of anilines is 1. The van der Waals surface area contributed by atoms with Crippen LogP contribution in [-0.4, -0.2) is 42.5 Å². The number of fused-ring (bicyclic) bond motifs is 1. The monoisotopic (exact) mass is 342 g/mol. The van der Waals surface area contributed by atoms with Crippen LogP contribution in [0, 0.1) is 11.3 Å². The van der Waals surface area contributed by atoms with E-state index in [9.17, 15) is 9.59 Å². The first-order valence-electron chi connectivity index (χ1n) is 8.75. The van der Waals surface area contributed by atoms with Crippen molar-refractivity contribution in [3.05, 3.63) is 35.9 Å². The summed E-state index contributed by atoms with van der Waals surface area (Å²) in [5.74, 6) is 0.362. The summed E-state index contributed by atoms with van der Waals surface area (Å²) < 4.78 is 5.81. The van der Waals surface area contributed by atoms with Crippen LogP contribution in [0.3, 0.4) is 0 Å². The highest BCUT2D eigenvalue weighted by atomic mass is 16.5. The van der Waals surface area contributed by atoms with Gasteiger partial charge in [0.2, 0.25) is 11.8 Å². The van der Waals surface area contributed by atoms with Crippen LogP contribution >= 0.6 is 0 Å². The van der Waals surface area contributed by atoms with Crippen LogP contribution in [0.5, 0.6) is 0 Å². The largest absolute Gasteiger partial charge is 0.377 e. The summed E-state index contributed by atoms with van der Waals surface area (Å²) in [4.78, 5) is 25.5. The molecule has 0 aromatic heterocycles. The molecule has 3 rings (SSSR count). The van der Waals surface area contributed by atoms with Crippen molar-refractivity contribution >= 4 is 23.6 Å². The van der Waals surface area contributed by atoms with E-state index in [0.717, 1.165) is 24.3 Å². The first kappa shape index (κ1) is 17.7. The van der Waals surface area contributed by atoms with Gasteiger partial charge in [0.15, 0.2) is 0 Å². The molecular weight excluding hydrogens is 316 g/mol. The van der Waals surface area contributed by atoms with Crippen LogP contribution in [-0.2, 0) is 14.3 Å². The molecule has 2 amide bonds. The zero-order valence-electron chi connectivity index (χ0n) is 15.3. The van der Waals surface area contributed by atoms with Crippen LogP contribution in [0.2, 0.25) is 0 Å². The topological polar surface area (TPSA) is 58.6 Å². The van der Waals surface area contributed by atoms with Gasteiger partial charge in [-0.15, -0.1) is 0 Å². The van der Waals surface area contributed by atoms with Gasteiger partial charge >= 0.3 is 0 Å². The van der Waals surface area contributed by atoms with Crippen molar-refractivity contribution in [3.63, 3.8) is 0 Å². The summed E-state index contributed by atoms with van der Waals surface area (Å²) in [6.07, 6.45) is 4.74. The van der Waals surface area contributed by atoms with E-state index in [-0.39, 0.29) is 29.4 Å². The highest BCUT2D eigenvalue weighted by Gasteiger charge is 2.61. The smallest absolute Gasteiger partial charge is 0.246 e. The molecule has 25 heavy (non-hydrogen) atoms. The second kappa shape index (κ2) is 6.64. The van der Waals surface area contributed by atoms with Crippen molar-refractivity contribution in [1.29, 1.82) is 0 Å². The zero-order chi connectivity index (χ0) is 18.2. The number of likely N-dealkylation sites (N-methyl/N-ethyl adjacent to an activating group) is 1. The predicted molar refractivity (Wildman–Crippen MR) is 98.0 cm³/mol.